The number of fused-ring (bicyclic) bond motifs is 1. The lowest BCUT2D eigenvalue weighted by atomic mass is 10.0. The lowest BCUT2D eigenvalue weighted by molar-refractivity contribution is 0.799. The minimum absolute atomic E-state index is 0.512. The highest BCUT2D eigenvalue weighted by Gasteiger charge is 2.02. The zero-order valence-electron chi connectivity index (χ0n) is 9.74. The third kappa shape index (κ3) is 2.22. The van der Waals surface area contributed by atoms with Gasteiger partial charge in [-0.25, -0.2) is 0 Å². The highest BCUT2D eigenvalue weighted by molar-refractivity contribution is 5.85. The molecule has 1 aromatic heterocycles. The minimum atomic E-state index is 0.512. The Morgan fingerprint density at radius 2 is 2.19 bits per heavy atom. The fraction of sp³-hybridized carbons (Fsp3) is 0.357. The summed E-state index contributed by atoms with van der Waals surface area (Å²) in [5.41, 5.74) is 8.01. The number of benzene rings is 1. The predicted octanol–water partition coefficient (Wildman–Crippen LogP) is 3.04. The predicted molar refractivity (Wildman–Crippen MR) is 68.2 cm³/mol. The SMILES string of the molecule is CCCCc1cccc2cnc(CN)cc12. The first-order valence-electron chi connectivity index (χ1n) is 5.91. The first kappa shape index (κ1) is 11.1. The first-order valence-corrected chi connectivity index (χ1v) is 5.91. The van der Waals surface area contributed by atoms with E-state index < -0.39 is 0 Å². The van der Waals surface area contributed by atoms with Crippen LogP contribution in [0.3, 0.4) is 0 Å². The molecule has 2 nitrogen and oxygen atoms in total. The summed E-state index contributed by atoms with van der Waals surface area (Å²) in [6, 6.07) is 8.55. The third-order valence-electron chi connectivity index (χ3n) is 2.92. The summed E-state index contributed by atoms with van der Waals surface area (Å²) in [5, 5.41) is 2.53. The lowest BCUT2D eigenvalue weighted by Crippen LogP contribution is -1.99. The largest absolute Gasteiger partial charge is 0.325 e. The van der Waals surface area contributed by atoms with Crippen molar-refractivity contribution in [3.05, 3.63) is 41.7 Å². The second-order valence-corrected chi connectivity index (χ2v) is 4.12. The molecule has 1 aromatic carbocycles. The smallest absolute Gasteiger partial charge is 0.0545 e. The molecule has 0 radical (unpaired) electrons. The second-order valence-electron chi connectivity index (χ2n) is 4.12. The van der Waals surface area contributed by atoms with Gasteiger partial charge in [-0.3, -0.25) is 4.98 Å². The van der Waals surface area contributed by atoms with Crippen molar-refractivity contribution in [3.8, 4) is 0 Å². The Morgan fingerprint density at radius 1 is 1.31 bits per heavy atom. The van der Waals surface area contributed by atoms with Gasteiger partial charge >= 0.3 is 0 Å². The number of pyridine rings is 1. The van der Waals surface area contributed by atoms with E-state index in [9.17, 15) is 0 Å². The molecule has 1 heterocycles. The maximum Gasteiger partial charge on any atom is 0.0545 e. The van der Waals surface area contributed by atoms with Crippen LogP contribution in [-0.2, 0) is 13.0 Å². The molecule has 0 saturated carbocycles. The van der Waals surface area contributed by atoms with E-state index in [0.29, 0.717) is 6.54 Å². The van der Waals surface area contributed by atoms with Crippen molar-refractivity contribution in [1.82, 2.24) is 4.98 Å². The van der Waals surface area contributed by atoms with Gasteiger partial charge in [-0.1, -0.05) is 31.5 Å². The molecule has 0 spiro atoms. The maximum atomic E-state index is 5.63. The van der Waals surface area contributed by atoms with Crippen molar-refractivity contribution in [2.45, 2.75) is 32.7 Å². The monoisotopic (exact) mass is 214 g/mol. The van der Waals surface area contributed by atoms with Gasteiger partial charge in [-0.15, -0.1) is 0 Å². The van der Waals surface area contributed by atoms with Crippen molar-refractivity contribution in [2.24, 2.45) is 5.73 Å². The highest BCUT2D eigenvalue weighted by Crippen LogP contribution is 2.20. The van der Waals surface area contributed by atoms with E-state index in [1.54, 1.807) is 0 Å². The van der Waals surface area contributed by atoms with Crippen molar-refractivity contribution < 1.29 is 0 Å². The summed E-state index contributed by atoms with van der Waals surface area (Å²) in [4.78, 5) is 4.32. The molecular weight excluding hydrogens is 196 g/mol. The number of rotatable bonds is 4. The number of nitrogens with two attached hydrogens (primary N) is 1. The van der Waals surface area contributed by atoms with Crippen LogP contribution in [0.15, 0.2) is 30.5 Å². The topological polar surface area (TPSA) is 38.9 Å². The van der Waals surface area contributed by atoms with Gasteiger partial charge in [0.25, 0.3) is 0 Å². The maximum absolute atomic E-state index is 5.63. The molecule has 2 aromatic rings. The van der Waals surface area contributed by atoms with E-state index in [2.05, 4.69) is 36.2 Å². The Balaban J connectivity index is 2.46. The van der Waals surface area contributed by atoms with Crippen LogP contribution in [0.5, 0.6) is 0 Å². The molecule has 84 valence electrons. The Morgan fingerprint density at radius 3 is 2.94 bits per heavy atom. The summed E-state index contributed by atoms with van der Waals surface area (Å²) < 4.78 is 0. The van der Waals surface area contributed by atoms with Gasteiger partial charge in [0.1, 0.15) is 0 Å². The van der Waals surface area contributed by atoms with E-state index in [4.69, 9.17) is 5.73 Å². The first-order chi connectivity index (χ1) is 7.85. The van der Waals surface area contributed by atoms with Gasteiger partial charge in [0.05, 0.1) is 5.69 Å². The number of nitrogens with zero attached hydrogens (tertiary/aromatic N) is 1. The van der Waals surface area contributed by atoms with Crippen LogP contribution in [-0.4, -0.2) is 4.98 Å². The van der Waals surface area contributed by atoms with E-state index in [1.165, 1.54) is 29.2 Å². The van der Waals surface area contributed by atoms with Crippen LogP contribution in [0.1, 0.15) is 31.0 Å². The lowest BCUT2D eigenvalue weighted by Gasteiger charge is -2.07. The van der Waals surface area contributed by atoms with Gasteiger partial charge in [0.2, 0.25) is 0 Å². The van der Waals surface area contributed by atoms with Gasteiger partial charge in [-0.2, -0.15) is 0 Å². The molecule has 0 aliphatic carbocycles. The van der Waals surface area contributed by atoms with Crippen molar-refractivity contribution in [3.63, 3.8) is 0 Å². The summed E-state index contributed by atoms with van der Waals surface area (Å²) in [6.45, 7) is 2.73. The molecule has 16 heavy (non-hydrogen) atoms. The standard InChI is InChI=1S/C14H18N2/c1-2-3-5-11-6-4-7-12-10-16-13(9-15)8-14(11)12/h4,6-8,10H,2-3,5,9,15H2,1H3. The zero-order valence-corrected chi connectivity index (χ0v) is 9.74. The summed E-state index contributed by atoms with van der Waals surface area (Å²) in [5.74, 6) is 0. The average molecular weight is 214 g/mol. The molecule has 0 bridgehead atoms. The van der Waals surface area contributed by atoms with Crippen LogP contribution in [0.25, 0.3) is 10.8 Å². The Labute approximate surface area is 96.5 Å². The molecule has 0 aliphatic rings. The fourth-order valence-corrected chi connectivity index (χ4v) is 1.97. The number of hydrogen-bond donors (Lipinski definition) is 1. The van der Waals surface area contributed by atoms with Crippen LogP contribution in [0, 0.1) is 0 Å². The molecule has 2 heteroatoms. The Kier molecular flexibility index (Phi) is 3.52. The molecule has 0 fully saturated rings. The van der Waals surface area contributed by atoms with E-state index >= 15 is 0 Å². The average Bonchev–Trinajstić information content (AvgIpc) is 2.35. The van der Waals surface area contributed by atoms with Gasteiger partial charge in [0, 0.05) is 18.1 Å². The quantitative estimate of drug-likeness (QED) is 0.849. The van der Waals surface area contributed by atoms with Gasteiger partial charge in [-0.05, 0) is 29.9 Å². The number of aromatic nitrogens is 1. The van der Waals surface area contributed by atoms with Gasteiger partial charge < -0.3 is 5.73 Å². The zero-order chi connectivity index (χ0) is 11.4. The molecular formula is C14H18N2. The molecule has 2 rings (SSSR count). The van der Waals surface area contributed by atoms with Gasteiger partial charge in [0.15, 0.2) is 0 Å². The Hall–Kier alpha value is -1.41. The molecule has 0 saturated heterocycles. The normalized spacial score (nSPS) is 10.9. The number of aryl methyl sites for hydroxylation is 1. The molecule has 2 N–H and O–H groups in total. The number of unbranched alkanes of at least 4 members (excludes halogenated alkanes) is 1. The van der Waals surface area contributed by atoms with Crippen molar-refractivity contribution in [1.29, 1.82) is 0 Å². The molecule has 0 unspecified atom stereocenters. The highest BCUT2D eigenvalue weighted by atomic mass is 14.7. The van der Waals surface area contributed by atoms with Crippen molar-refractivity contribution in [2.75, 3.05) is 0 Å². The molecule has 0 aliphatic heterocycles. The molecule has 0 atom stereocenters. The van der Waals surface area contributed by atoms with Crippen LogP contribution >= 0.6 is 0 Å². The van der Waals surface area contributed by atoms with E-state index in [0.717, 1.165) is 12.1 Å². The fourth-order valence-electron chi connectivity index (χ4n) is 1.97. The van der Waals surface area contributed by atoms with Crippen LogP contribution in [0.4, 0.5) is 0 Å². The van der Waals surface area contributed by atoms with Crippen LogP contribution in [0.2, 0.25) is 0 Å². The van der Waals surface area contributed by atoms with Crippen molar-refractivity contribution >= 4 is 10.8 Å². The second kappa shape index (κ2) is 5.08. The van der Waals surface area contributed by atoms with E-state index in [-0.39, 0.29) is 0 Å². The minimum Gasteiger partial charge on any atom is -0.325 e. The summed E-state index contributed by atoms with van der Waals surface area (Å²) in [6.07, 6.45) is 5.53. The molecule has 0 amide bonds. The third-order valence-corrected chi connectivity index (χ3v) is 2.92. The Bertz CT molecular complexity index is 477. The summed E-state index contributed by atoms with van der Waals surface area (Å²) >= 11 is 0. The summed E-state index contributed by atoms with van der Waals surface area (Å²) in [7, 11) is 0. The number of hydrogen-bond acceptors (Lipinski definition) is 2. The van der Waals surface area contributed by atoms with E-state index in [1.807, 2.05) is 6.20 Å². The van der Waals surface area contributed by atoms with Crippen LogP contribution < -0.4 is 5.73 Å².